The van der Waals surface area contributed by atoms with Crippen LogP contribution in [0.25, 0.3) is 0 Å². The minimum absolute atomic E-state index is 0. The molecule has 0 radical (unpaired) electrons. The molecule has 8 unspecified atom stereocenters. The molecule has 4 rings (SSSR count). The van der Waals surface area contributed by atoms with E-state index in [2.05, 4.69) is 72.9 Å². The molecule has 0 aliphatic carbocycles. The molecule has 21 heteroatoms. The van der Waals surface area contributed by atoms with E-state index >= 15 is 0 Å². The molecule has 0 spiro atoms. The number of rotatable bonds is 17. The Bertz CT molecular complexity index is 1380. The number of carbonyl (C=O) groups is 1. The van der Waals surface area contributed by atoms with Crippen LogP contribution in [0.2, 0.25) is 39.3 Å². The minimum atomic E-state index is -1.90. The highest BCUT2D eigenvalue weighted by atomic mass is 28.4. The third-order valence-electron chi connectivity index (χ3n) is 11.7. The van der Waals surface area contributed by atoms with Gasteiger partial charge in [0.25, 0.3) is 0 Å². The van der Waals surface area contributed by atoms with Gasteiger partial charge < -0.3 is 88.0 Å². The smallest absolute Gasteiger partial charge is 0.305 e. The van der Waals surface area contributed by atoms with Gasteiger partial charge in [-0.3, -0.25) is 4.79 Å². The van der Waals surface area contributed by atoms with E-state index < -0.39 is 116 Å². The summed E-state index contributed by atoms with van der Waals surface area (Å²) < 4.78 is 52.7. The van der Waals surface area contributed by atoms with E-state index in [9.17, 15) is 50.8 Å². The Morgan fingerprint density at radius 3 is 1.51 bits per heavy atom. The first-order valence-electron chi connectivity index (χ1n) is 21.7. The van der Waals surface area contributed by atoms with E-state index in [1.165, 1.54) is 0 Å². The summed E-state index contributed by atoms with van der Waals surface area (Å²) in [6, 6.07) is 0. The normalized spacial score (nSPS) is 41.0. The molecule has 20 atom stereocenters. The number of hydrogen-bond acceptors (Lipinski definition) is 19. The van der Waals surface area contributed by atoms with E-state index in [-0.39, 0.29) is 63.1 Å². The van der Waals surface area contributed by atoms with Crippen LogP contribution in [0.15, 0.2) is 0 Å². The fourth-order valence-corrected chi connectivity index (χ4v) is 9.95. The SMILES string of the molecule is C.C#CCCCCC(=O)OCC1O[C@H](O[C@H]2OC(CO)[C@@H](O)C(O)[C@H]2O)C(O)[C@@H](O)[C@@H]1O.CC1[C@@H](O[C@H]2OC(CO)[C@@H](O[Si](C)(C)C)C(O[Si](C)(C)C)[C@H]2C)OC(CO)[C@@H](C)[C@@H]1C. The standard InChI is InChI=1S/C22H46O7Si2.C19H30O12.CH4/c1-13-14(2)17(11-23)25-21(15(13)3)27-22-16(4)19(28-30(5,6)7)20(18(12-24)26-22)29-31(8,9)10;1-2-3-4-5-6-11(21)28-8-10-13(23)15(25)17(27)19(30-10)31-18-16(26)14(24)12(22)9(7-20)29-18;/h13-24H,11-12H2,1-10H3;1,9-10,12-20,22-27H,3-8H2;1H4/t13-,14-,15?,16+,17?,18?,19?,20+,21+,22+;9?,10?,12-,13-,14?,15+,16-,17?,18-,19-;/m01./s1. The summed E-state index contributed by atoms with van der Waals surface area (Å²) in [7, 11) is -3.80. The number of aliphatic hydroxyl groups excluding tert-OH is 9. The summed E-state index contributed by atoms with van der Waals surface area (Å²) in [6.45, 7) is 20.0. The first-order valence-corrected chi connectivity index (χ1v) is 28.5. The highest BCUT2D eigenvalue weighted by Crippen LogP contribution is 2.40. The summed E-state index contributed by atoms with van der Waals surface area (Å²) in [5, 5.41) is 89.1. The van der Waals surface area contributed by atoms with E-state index in [0.717, 1.165) is 0 Å². The fraction of sp³-hybridized carbons (Fsp3) is 0.929. The summed E-state index contributed by atoms with van der Waals surface area (Å²) in [5.41, 5.74) is 0. The van der Waals surface area contributed by atoms with Gasteiger partial charge in [0.15, 0.2) is 41.8 Å². The Hall–Kier alpha value is -1.22. The molecule has 4 aliphatic heterocycles. The van der Waals surface area contributed by atoms with Crippen molar-refractivity contribution in [3.63, 3.8) is 0 Å². The molecule has 4 fully saturated rings. The monoisotopic (exact) mass is 944 g/mol. The van der Waals surface area contributed by atoms with Crippen LogP contribution >= 0.6 is 0 Å². The van der Waals surface area contributed by atoms with Crippen molar-refractivity contribution >= 4 is 22.6 Å². The Morgan fingerprint density at radius 1 is 0.556 bits per heavy atom. The number of hydrogen-bond donors (Lipinski definition) is 9. The zero-order valence-electron chi connectivity index (χ0n) is 37.9. The summed E-state index contributed by atoms with van der Waals surface area (Å²) >= 11 is 0. The first kappa shape index (κ1) is 57.9. The molecule has 4 heterocycles. The Morgan fingerprint density at radius 2 is 1.00 bits per heavy atom. The second-order valence-electron chi connectivity index (χ2n) is 18.9. The number of ether oxygens (including phenoxy) is 7. The fourth-order valence-electron chi connectivity index (χ4n) is 7.68. The molecule has 9 N–H and O–H groups in total. The van der Waals surface area contributed by atoms with Crippen molar-refractivity contribution in [1.29, 1.82) is 0 Å². The predicted octanol–water partition coefficient (Wildman–Crippen LogP) is 0.405. The summed E-state index contributed by atoms with van der Waals surface area (Å²) in [5.74, 6) is 2.50. The molecule has 4 aliphatic rings. The van der Waals surface area contributed by atoms with Gasteiger partial charge in [-0.1, -0.05) is 35.1 Å². The van der Waals surface area contributed by atoms with Gasteiger partial charge in [0.2, 0.25) is 0 Å². The lowest BCUT2D eigenvalue weighted by Crippen LogP contribution is -2.63. The van der Waals surface area contributed by atoms with Crippen LogP contribution in [0.3, 0.4) is 0 Å². The maximum atomic E-state index is 11.8. The van der Waals surface area contributed by atoms with E-state index in [1.807, 2.05) is 0 Å². The maximum Gasteiger partial charge on any atom is 0.305 e. The lowest BCUT2D eigenvalue weighted by molar-refractivity contribution is -0.376. The van der Waals surface area contributed by atoms with Gasteiger partial charge >= 0.3 is 5.97 Å². The number of aliphatic hydroxyl groups is 9. The molecule has 0 saturated carbocycles. The van der Waals surface area contributed by atoms with Gasteiger partial charge in [0.1, 0.15) is 61.5 Å². The predicted molar refractivity (Wildman–Crippen MR) is 232 cm³/mol. The molecule has 0 aromatic rings. The average Bonchev–Trinajstić information content (AvgIpc) is 3.21. The first-order chi connectivity index (χ1) is 28.9. The third kappa shape index (κ3) is 16.2. The van der Waals surface area contributed by atoms with Crippen molar-refractivity contribution in [1.82, 2.24) is 0 Å². The molecule has 4 saturated heterocycles. The van der Waals surface area contributed by atoms with Crippen molar-refractivity contribution in [2.45, 2.75) is 198 Å². The van der Waals surface area contributed by atoms with Crippen molar-refractivity contribution in [2.24, 2.45) is 23.7 Å². The Kier molecular flexibility index (Phi) is 23.7. The molecule has 0 aromatic carbocycles. The van der Waals surface area contributed by atoms with Crippen LogP contribution in [0.1, 0.15) is 60.8 Å². The molecule has 0 aromatic heterocycles. The van der Waals surface area contributed by atoms with Gasteiger partial charge in [0, 0.05) is 24.7 Å². The molecular weight excluding hydrogens is 865 g/mol. The van der Waals surface area contributed by atoms with Crippen molar-refractivity contribution in [2.75, 3.05) is 26.4 Å². The van der Waals surface area contributed by atoms with Crippen LogP contribution in [-0.2, 0) is 46.8 Å². The number of terminal acetylenes is 1. The van der Waals surface area contributed by atoms with Gasteiger partial charge in [0.05, 0.1) is 38.1 Å². The van der Waals surface area contributed by atoms with Crippen molar-refractivity contribution < 1.29 is 92.8 Å². The number of unbranched alkanes of at least 4 members (excludes halogenated alkanes) is 2. The van der Waals surface area contributed by atoms with Crippen LogP contribution in [0.4, 0.5) is 0 Å². The van der Waals surface area contributed by atoms with Gasteiger partial charge in [-0.25, -0.2) is 0 Å². The highest BCUT2D eigenvalue weighted by molar-refractivity contribution is 6.70. The van der Waals surface area contributed by atoms with Gasteiger partial charge in [-0.05, 0) is 64.0 Å². The van der Waals surface area contributed by atoms with Crippen LogP contribution in [0, 0.1) is 36.0 Å². The highest BCUT2D eigenvalue weighted by Gasteiger charge is 2.52. The number of esters is 1. The summed E-state index contributed by atoms with van der Waals surface area (Å²) in [6.07, 6.45) is -11.6. The molecule has 370 valence electrons. The molecule has 0 bridgehead atoms. The Balaban J connectivity index is 0.000000427. The molecule has 63 heavy (non-hydrogen) atoms. The van der Waals surface area contributed by atoms with Crippen LogP contribution in [-0.4, -0.2) is 193 Å². The van der Waals surface area contributed by atoms with Gasteiger partial charge in [-0.15, -0.1) is 12.3 Å². The van der Waals surface area contributed by atoms with Crippen LogP contribution in [0.5, 0.6) is 0 Å². The van der Waals surface area contributed by atoms with Crippen molar-refractivity contribution in [3.8, 4) is 12.3 Å². The van der Waals surface area contributed by atoms with Crippen molar-refractivity contribution in [3.05, 3.63) is 0 Å². The molecule has 19 nitrogen and oxygen atoms in total. The van der Waals surface area contributed by atoms with E-state index in [1.54, 1.807) is 0 Å². The van der Waals surface area contributed by atoms with E-state index in [0.29, 0.717) is 25.2 Å². The van der Waals surface area contributed by atoms with Gasteiger partial charge in [-0.2, -0.15) is 0 Å². The van der Waals surface area contributed by atoms with Crippen LogP contribution < -0.4 is 0 Å². The quantitative estimate of drug-likeness (QED) is 0.0413. The lowest BCUT2D eigenvalue weighted by atomic mass is 9.79. The zero-order valence-corrected chi connectivity index (χ0v) is 39.9. The number of carbonyl (C=O) groups excluding carboxylic acids is 1. The average molecular weight is 945 g/mol. The summed E-state index contributed by atoms with van der Waals surface area (Å²) in [4.78, 5) is 11.8. The Labute approximate surface area is 375 Å². The maximum absolute atomic E-state index is 11.8. The second kappa shape index (κ2) is 25.8. The third-order valence-corrected chi connectivity index (χ3v) is 13.6. The lowest BCUT2D eigenvalue weighted by Gasteiger charge is -2.50. The topological polar surface area (TPSA) is 282 Å². The molecule has 0 amide bonds. The molecular formula is C42H80O19Si2. The second-order valence-corrected chi connectivity index (χ2v) is 27.8. The largest absolute Gasteiger partial charge is 0.463 e. The zero-order chi connectivity index (χ0) is 46.9. The van der Waals surface area contributed by atoms with E-state index in [4.69, 9.17) is 48.4 Å². The minimum Gasteiger partial charge on any atom is -0.463 e.